The Labute approximate surface area is 177 Å². The van der Waals surface area contributed by atoms with Gasteiger partial charge in [-0.05, 0) is 54.8 Å². The molecule has 0 bridgehead atoms. The Morgan fingerprint density at radius 1 is 1.17 bits per heavy atom. The van der Waals surface area contributed by atoms with Crippen LogP contribution in [0.2, 0.25) is 0 Å². The molecular formula is C24H25NO4S. The van der Waals surface area contributed by atoms with Crippen molar-refractivity contribution in [2.45, 2.75) is 23.7 Å². The van der Waals surface area contributed by atoms with Crippen molar-refractivity contribution >= 4 is 21.9 Å². The number of allylic oxidation sites excluding steroid dienone is 1. The molecule has 1 heterocycles. The first-order chi connectivity index (χ1) is 14.3. The summed E-state index contributed by atoms with van der Waals surface area (Å²) in [6.45, 7) is 6.34. The summed E-state index contributed by atoms with van der Waals surface area (Å²) in [5.41, 5.74) is 2.00. The Bertz CT molecular complexity index is 1130. The summed E-state index contributed by atoms with van der Waals surface area (Å²) in [7, 11) is -2.06. The van der Waals surface area contributed by atoms with Crippen LogP contribution < -0.4 is 4.74 Å². The molecular weight excluding hydrogens is 398 g/mol. The minimum absolute atomic E-state index is 0.0134. The molecule has 2 aromatic carbocycles. The zero-order valence-corrected chi connectivity index (χ0v) is 18.0. The number of piperidine rings is 1. The number of carbonyl (C=O) groups excluding carboxylic acids is 1. The van der Waals surface area contributed by atoms with Gasteiger partial charge in [-0.3, -0.25) is 4.79 Å². The van der Waals surface area contributed by atoms with E-state index in [9.17, 15) is 13.2 Å². The summed E-state index contributed by atoms with van der Waals surface area (Å²) >= 11 is 0. The van der Waals surface area contributed by atoms with Crippen molar-refractivity contribution in [2.24, 2.45) is 5.92 Å². The van der Waals surface area contributed by atoms with Gasteiger partial charge in [-0.2, -0.15) is 4.31 Å². The minimum atomic E-state index is -3.65. The number of ketones is 1. The Morgan fingerprint density at radius 2 is 1.90 bits per heavy atom. The van der Waals surface area contributed by atoms with Gasteiger partial charge in [0.2, 0.25) is 10.0 Å². The molecule has 156 valence electrons. The van der Waals surface area contributed by atoms with Gasteiger partial charge in [-0.25, -0.2) is 8.42 Å². The number of ether oxygens (including phenoxy) is 1. The molecule has 2 atom stereocenters. The van der Waals surface area contributed by atoms with Gasteiger partial charge in [-0.1, -0.05) is 35.9 Å². The van der Waals surface area contributed by atoms with E-state index in [0.29, 0.717) is 12.2 Å². The smallest absolute Gasteiger partial charge is 0.243 e. The monoisotopic (exact) mass is 423 g/mol. The first-order valence-corrected chi connectivity index (χ1v) is 11.4. The molecule has 0 saturated carbocycles. The number of hydrogen-bond acceptors (Lipinski definition) is 4. The van der Waals surface area contributed by atoms with E-state index in [1.165, 1.54) is 4.31 Å². The second-order valence-electron chi connectivity index (χ2n) is 7.89. The topological polar surface area (TPSA) is 63.7 Å². The number of fused-ring (bicyclic) bond motifs is 2. The van der Waals surface area contributed by atoms with Gasteiger partial charge in [0.25, 0.3) is 0 Å². The zero-order valence-electron chi connectivity index (χ0n) is 17.2. The van der Waals surface area contributed by atoms with Crippen LogP contribution >= 0.6 is 0 Å². The molecule has 6 heteroatoms. The number of benzene rings is 2. The lowest BCUT2D eigenvalue weighted by Crippen LogP contribution is -2.55. The SMILES string of the molecule is C=C[C@@H]1CN(S(=O)(=O)c2ccc(C)cc2)CC[C@]12C(=O)C=Cc1ccc(OC)cc12. The maximum Gasteiger partial charge on any atom is 0.243 e. The van der Waals surface area contributed by atoms with Crippen LogP contribution in [0.4, 0.5) is 0 Å². The van der Waals surface area contributed by atoms with E-state index >= 15 is 0 Å². The van der Waals surface area contributed by atoms with Gasteiger partial charge in [0.05, 0.1) is 17.4 Å². The Kier molecular flexibility index (Phi) is 5.16. The molecule has 0 N–H and O–H groups in total. The van der Waals surface area contributed by atoms with E-state index in [4.69, 9.17) is 4.74 Å². The van der Waals surface area contributed by atoms with Gasteiger partial charge in [0.15, 0.2) is 5.78 Å². The van der Waals surface area contributed by atoms with Crippen molar-refractivity contribution in [3.05, 3.63) is 77.9 Å². The molecule has 0 radical (unpaired) electrons. The molecule has 0 amide bonds. The molecule has 30 heavy (non-hydrogen) atoms. The highest BCUT2D eigenvalue weighted by atomic mass is 32.2. The summed E-state index contributed by atoms with van der Waals surface area (Å²) in [6, 6.07) is 12.6. The summed E-state index contributed by atoms with van der Waals surface area (Å²) < 4.78 is 33.3. The normalized spacial score (nSPS) is 23.9. The number of rotatable bonds is 4. The van der Waals surface area contributed by atoms with Gasteiger partial charge in [-0.15, -0.1) is 6.58 Å². The highest BCUT2D eigenvalue weighted by Gasteiger charge is 2.51. The van der Waals surface area contributed by atoms with E-state index in [1.54, 1.807) is 43.5 Å². The molecule has 1 saturated heterocycles. The van der Waals surface area contributed by atoms with Crippen LogP contribution in [-0.2, 0) is 20.2 Å². The number of hydrogen-bond donors (Lipinski definition) is 0. The van der Waals surface area contributed by atoms with E-state index in [2.05, 4.69) is 6.58 Å². The standard InChI is InChI=1S/C24H25NO4S/c1-4-19-16-25(30(27,28)21-10-5-17(2)6-11-21)14-13-24(19)22-15-20(29-3)9-7-18(22)8-12-23(24)26/h4-12,15,19H,1,13-14,16H2,2-3H3/t19-,24+/m1/s1. The molecule has 4 rings (SSSR count). The molecule has 1 spiro atoms. The number of nitrogens with zero attached hydrogens (tertiary/aromatic N) is 1. The maximum atomic E-state index is 13.2. The molecule has 1 aliphatic carbocycles. The van der Waals surface area contributed by atoms with Crippen LogP contribution in [0.5, 0.6) is 5.75 Å². The Hall–Kier alpha value is -2.70. The summed E-state index contributed by atoms with van der Waals surface area (Å²) in [5.74, 6) is 0.309. The lowest BCUT2D eigenvalue weighted by molar-refractivity contribution is -0.122. The molecule has 2 aliphatic rings. The molecule has 2 aromatic rings. The van der Waals surface area contributed by atoms with Crippen molar-refractivity contribution in [2.75, 3.05) is 20.2 Å². The largest absolute Gasteiger partial charge is 0.497 e. The van der Waals surface area contributed by atoms with Crippen LogP contribution in [0.1, 0.15) is 23.1 Å². The molecule has 0 aromatic heterocycles. The third-order valence-corrected chi connectivity index (χ3v) is 8.21. The molecule has 1 fully saturated rings. The van der Waals surface area contributed by atoms with Crippen LogP contribution in [-0.4, -0.2) is 38.7 Å². The number of aryl methyl sites for hydroxylation is 1. The van der Waals surface area contributed by atoms with Gasteiger partial charge < -0.3 is 4.74 Å². The molecule has 5 nitrogen and oxygen atoms in total. The Morgan fingerprint density at radius 3 is 2.57 bits per heavy atom. The third-order valence-electron chi connectivity index (χ3n) is 6.33. The van der Waals surface area contributed by atoms with E-state index in [-0.39, 0.29) is 29.7 Å². The fraction of sp³-hybridized carbons (Fsp3) is 0.292. The predicted molar refractivity (Wildman–Crippen MR) is 117 cm³/mol. The van der Waals surface area contributed by atoms with Crippen molar-refractivity contribution in [3.63, 3.8) is 0 Å². The fourth-order valence-electron chi connectivity index (χ4n) is 4.59. The van der Waals surface area contributed by atoms with Gasteiger partial charge >= 0.3 is 0 Å². The first-order valence-electron chi connectivity index (χ1n) is 9.93. The first kappa shape index (κ1) is 20.6. The number of methoxy groups -OCH3 is 1. The summed E-state index contributed by atoms with van der Waals surface area (Å²) in [4.78, 5) is 13.5. The predicted octanol–water partition coefficient (Wildman–Crippen LogP) is 3.73. The van der Waals surface area contributed by atoms with E-state index in [1.807, 2.05) is 31.2 Å². The molecule has 0 unspecified atom stereocenters. The van der Waals surface area contributed by atoms with Crippen LogP contribution in [0.3, 0.4) is 0 Å². The van der Waals surface area contributed by atoms with E-state index < -0.39 is 15.4 Å². The van der Waals surface area contributed by atoms with Crippen molar-refractivity contribution in [3.8, 4) is 5.75 Å². The van der Waals surface area contributed by atoms with Crippen LogP contribution in [0.15, 0.2) is 66.1 Å². The van der Waals surface area contributed by atoms with E-state index in [0.717, 1.165) is 16.7 Å². The second kappa shape index (κ2) is 7.52. The summed E-state index contributed by atoms with van der Waals surface area (Å²) in [6.07, 6.45) is 5.53. The average Bonchev–Trinajstić information content (AvgIpc) is 2.76. The minimum Gasteiger partial charge on any atom is -0.497 e. The number of carbonyl (C=O) groups is 1. The van der Waals surface area contributed by atoms with Crippen molar-refractivity contribution < 1.29 is 17.9 Å². The summed E-state index contributed by atoms with van der Waals surface area (Å²) in [5, 5.41) is 0. The van der Waals surface area contributed by atoms with Gasteiger partial charge in [0.1, 0.15) is 5.75 Å². The third kappa shape index (κ3) is 3.11. The number of sulfonamides is 1. The zero-order chi connectivity index (χ0) is 21.5. The second-order valence-corrected chi connectivity index (χ2v) is 9.83. The molecule has 1 aliphatic heterocycles. The highest BCUT2D eigenvalue weighted by molar-refractivity contribution is 7.89. The lowest BCUT2D eigenvalue weighted by Gasteiger charge is -2.47. The van der Waals surface area contributed by atoms with Crippen molar-refractivity contribution in [1.29, 1.82) is 0 Å². The average molecular weight is 424 g/mol. The Balaban J connectivity index is 1.74. The maximum absolute atomic E-state index is 13.2. The quantitative estimate of drug-likeness (QED) is 0.703. The highest BCUT2D eigenvalue weighted by Crippen LogP contribution is 2.47. The lowest BCUT2D eigenvalue weighted by atomic mass is 9.61. The van der Waals surface area contributed by atoms with Crippen molar-refractivity contribution in [1.82, 2.24) is 4.31 Å². The van der Waals surface area contributed by atoms with Crippen LogP contribution in [0.25, 0.3) is 6.08 Å². The van der Waals surface area contributed by atoms with Crippen LogP contribution in [0, 0.1) is 12.8 Å². The van der Waals surface area contributed by atoms with Gasteiger partial charge in [0, 0.05) is 19.0 Å². The fourth-order valence-corrected chi connectivity index (χ4v) is 6.05.